The van der Waals surface area contributed by atoms with Crippen molar-refractivity contribution in [2.45, 2.75) is 45.0 Å². The molecule has 3 unspecified atom stereocenters. The quantitative estimate of drug-likeness (QED) is 0.754. The van der Waals surface area contributed by atoms with Gasteiger partial charge in [0.05, 0.1) is 12.6 Å². The lowest BCUT2D eigenvalue weighted by Gasteiger charge is -2.22. The van der Waals surface area contributed by atoms with Gasteiger partial charge in [-0.25, -0.2) is 4.79 Å². The molecule has 0 bridgehead atoms. The zero-order chi connectivity index (χ0) is 15.3. The van der Waals surface area contributed by atoms with Gasteiger partial charge in [-0.2, -0.15) is 11.8 Å². The monoisotopic (exact) mass is 300 g/mol. The first-order valence-corrected chi connectivity index (χ1v) is 7.95. The molecule has 5 nitrogen and oxygen atoms in total. The second-order valence-electron chi connectivity index (χ2n) is 4.95. The Kier molecular flexibility index (Phi) is 6.42. The van der Waals surface area contributed by atoms with Crippen molar-refractivity contribution in [1.29, 1.82) is 0 Å². The smallest absolute Gasteiger partial charge is 0.315 e. The van der Waals surface area contributed by atoms with Crippen molar-refractivity contribution in [2.75, 3.05) is 12.9 Å². The summed E-state index contributed by atoms with van der Waals surface area (Å²) in [7, 11) is 0. The van der Waals surface area contributed by atoms with Gasteiger partial charge < -0.3 is 20.2 Å². The van der Waals surface area contributed by atoms with Crippen molar-refractivity contribution in [3.05, 3.63) is 23.2 Å². The molecule has 1 aromatic heterocycles. The minimum absolute atomic E-state index is 0.00559. The Hall–Kier alpha value is -1.14. The summed E-state index contributed by atoms with van der Waals surface area (Å²) < 4.78 is 5.46. The van der Waals surface area contributed by atoms with Gasteiger partial charge >= 0.3 is 6.03 Å². The van der Waals surface area contributed by atoms with Crippen molar-refractivity contribution in [3.8, 4) is 0 Å². The maximum atomic E-state index is 11.9. The number of hydrogen-bond acceptors (Lipinski definition) is 4. The molecule has 0 fully saturated rings. The number of aliphatic hydroxyl groups is 1. The van der Waals surface area contributed by atoms with Crippen LogP contribution in [0.2, 0.25) is 0 Å². The van der Waals surface area contributed by atoms with Crippen LogP contribution in [-0.4, -0.2) is 35.3 Å². The summed E-state index contributed by atoms with van der Waals surface area (Å²) in [6.07, 6.45) is 1.91. The Balaban J connectivity index is 2.56. The molecule has 1 aromatic rings. The van der Waals surface area contributed by atoms with E-state index >= 15 is 0 Å². The number of nitrogens with one attached hydrogen (secondary N) is 2. The number of aryl methyl sites for hydroxylation is 2. The third-order valence-electron chi connectivity index (χ3n) is 3.29. The van der Waals surface area contributed by atoms with Gasteiger partial charge in [-0.3, -0.25) is 0 Å². The fraction of sp³-hybridized carbons (Fsp3) is 0.643. The summed E-state index contributed by atoms with van der Waals surface area (Å²) in [5, 5.41) is 14.9. The lowest BCUT2D eigenvalue weighted by atomic mass is 10.1. The first-order chi connectivity index (χ1) is 9.38. The molecule has 3 N–H and O–H groups in total. The fourth-order valence-electron chi connectivity index (χ4n) is 2.13. The Morgan fingerprint density at radius 1 is 1.40 bits per heavy atom. The molecule has 0 aliphatic carbocycles. The number of carbonyl (C=O) groups excluding carboxylic acids is 1. The molecule has 0 aliphatic heterocycles. The summed E-state index contributed by atoms with van der Waals surface area (Å²) >= 11 is 1.53. The normalized spacial score (nSPS) is 15.5. The van der Waals surface area contributed by atoms with Gasteiger partial charge in [0.1, 0.15) is 11.5 Å². The van der Waals surface area contributed by atoms with Crippen LogP contribution in [0.1, 0.15) is 37.0 Å². The predicted octanol–water partition coefficient (Wildman–Crippen LogP) is 2.37. The number of hydrogen-bond donors (Lipinski definition) is 3. The molecule has 0 saturated heterocycles. The highest BCUT2D eigenvalue weighted by atomic mass is 32.2. The van der Waals surface area contributed by atoms with Crippen LogP contribution in [0, 0.1) is 13.8 Å². The number of rotatable bonds is 6. The minimum atomic E-state index is -0.240. The van der Waals surface area contributed by atoms with Gasteiger partial charge in [0.15, 0.2) is 0 Å². The van der Waals surface area contributed by atoms with Crippen LogP contribution >= 0.6 is 11.8 Å². The molecule has 0 spiro atoms. The average Bonchev–Trinajstić information content (AvgIpc) is 2.69. The fourth-order valence-corrected chi connectivity index (χ4v) is 2.76. The van der Waals surface area contributed by atoms with E-state index in [-0.39, 0.29) is 30.0 Å². The number of urea groups is 1. The van der Waals surface area contributed by atoms with E-state index in [0.717, 1.165) is 17.1 Å². The van der Waals surface area contributed by atoms with Crippen molar-refractivity contribution in [3.63, 3.8) is 0 Å². The van der Waals surface area contributed by atoms with Gasteiger partial charge in [-0.1, -0.05) is 0 Å². The van der Waals surface area contributed by atoms with Crippen LogP contribution in [0.25, 0.3) is 0 Å². The Morgan fingerprint density at radius 2 is 2.05 bits per heavy atom. The van der Waals surface area contributed by atoms with Crippen molar-refractivity contribution < 1.29 is 14.3 Å². The van der Waals surface area contributed by atoms with E-state index in [9.17, 15) is 9.90 Å². The SMILES string of the molecule is CSC(CO)C(C)NC(=O)NC(C)c1cc(C)oc1C. The average molecular weight is 300 g/mol. The Bertz CT molecular complexity index is 444. The lowest BCUT2D eigenvalue weighted by molar-refractivity contribution is 0.229. The van der Waals surface area contributed by atoms with E-state index in [1.807, 2.05) is 40.0 Å². The van der Waals surface area contributed by atoms with E-state index < -0.39 is 0 Å². The molecule has 6 heteroatoms. The highest BCUT2D eigenvalue weighted by Gasteiger charge is 2.19. The van der Waals surface area contributed by atoms with Crippen LogP contribution in [0.4, 0.5) is 4.79 Å². The van der Waals surface area contributed by atoms with Gasteiger partial charge in [0, 0.05) is 16.9 Å². The van der Waals surface area contributed by atoms with Gasteiger partial charge in [-0.05, 0) is 40.0 Å². The van der Waals surface area contributed by atoms with E-state index in [0.29, 0.717) is 0 Å². The molecule has 0 aliphatic rings. The third kappa shape index (κ3) is 4.45. The lowest BCUT2D eigenvalue weighted by Crippen LogP contribution is -2.46. The zero-order valence-electron chi connectivity index (χ0n) is 12.7. The van der Waals surface area contributed by atoms with E-state index in [1.54, 1.807) is 0 Å². The van der Waals surface area contributed by atoms with Gasteiger partial charge in [0.25, 0.3) is 0 Å². The molecular formula is C14H24N2O3S. The minimum Gasteiger partial charge on any atom is -0.466 e. The standard InChI is InChI=1S/C14H24N2O3S/c1-8-6-12(11(4)19-8)9(2)15-14(18)16-10(3)13(7-17)20-5/h6,9-10,13,17H,7H2,1-5H3,(H2,15,16,18). The first-order valence-electron chi connectivity index (χ1n) is 6.66. The number of furan rings is 1. The number of carbonyl (C=O) groups is 1. The summed E-state index contributed by atoms with van der Waals surface area (Å²) in [6.45, 7) is 7.61. The molecule has 3 atom stereocenters. The Labute approximate surface area is 124 Å². The highest BCUT2D eigenvalue weighted by molar-refractivity contribution is 7.99. The van der Waals surface area contributed by atoms with E-state index in [2.05, 4.69) is 10.6 Å². The highest BCUT2D eigenvalue weighted by Crippen LogP contribution is 2.21. The summed E-state index contributed by atoms with van der Waals surface area (Å²) in [5.74, 6) is 1.66. The van der Waals surface area contributed by atoms with Crippen LogP contribution in [0.5, 0.6) is 0 Å². The molecule has 0 radical (unpaired) electrons. The van der Waals surface area contributed by atoms with E-state index in [4.69, 9.17) is 4.42 Å². The van der Waals surface area contributed by atoms with Crippen LogP contribution in [0.15, 0.2) is 10.5 Å². The predicted molar refractivity (Wildman–Crippen MR) is 82.1 cm³/mol. The molecule has 1 heterocycles. The summed E-state index contributed by atoms with van der Waals surface area (Å²) in [6, 6.07) is 1.47. The molecule has 1 rings (SSSR count). The summed E-state index contributed by atoms with van der Waals surface area (Å²) in [5.41, 5.74) is 0.980. The van der Waals surface area contributed by atoms with E-state index in [1.165, 1.54) is 11.8 Å². The maximum absolute atomic E-state index is 11.9. The van der Waals surface area contributed by atoms with Crippen molar-refractivity contribution >= 4 is 17.8 Å². The molecule has 114 valence electrons. The number of amides is 2. The first kappa shape index (κ1) is 16.9. The largest absolute Gasteiger partial charge is 0.466 e. The summed E-state index contributed by atoms with van der Waals surface area (Å²) in [4.78, 5) is 11.9. The van der Waals surface area contributed by atoms with Crippen LogP contribution in [-0.2, 0) is 0 Å². The van der Waals surface area contributed by atoms with Crippen molar-refractivity contribution in [2.24, 2.45) is 0 Å². The molecule has 20 heavy (non-hydrogen) atoms. The topological polar surface area (TPSA) is 74.5 Å². The Morgan fingerprint density at radius 3 is 2.50 bits per heavy atom. The van der Waals surface area contributed by atoms with Gasteiger partial charge in [-0.15, -0.1) is 0 Å². The number of aliphatic hydroxyl groups excluding tert-OH is 1. The second-order valence-corrected chi connectivity index (χ2v) is 6.03. The maximum Gasteiger partial charge on any atom is 0.315 e. The molecule has 0 saturated carbocycles. The molecular weight excluding hydrogens is 276 g/mol. The third-order valence-corrected chi connectivity index (χ3v) is 4.46. The van der Waals surface area contributed by atoms with Crippen molar-refractivity contribution in [1.82, 2.24) is 10.6 Å². The van der Waals surface area contributed by atoms with Gasteiger partial charge in [0.2, 0.25) is 0 Å². The molecule has 0 aromatic carbocycles. The number of thioether (sulfide) groups is 1. The zero-order valence-corrected chi connectivity index (χ0v) is 13.5. The molecule has 2 amide bonds. The van der Waals surface area contributed by atoms with Crippen LogP contribution < -0.4 is 10.6 Å². The second kappa shape index (κ2) is 7.59. The van der Waals surface area contributed by atoms with Crippen LogP contribution in [0.3, 0.4) is 0 Å².